The summed E-state index contributed by atoms with van der Waals surface area (Å²) in [6, 6.07) is -1.82. The molecule has 2 unspecified atom stereocenters. The standard InChI is InChI=1S/C5H13NO8P2.4Na/c7-3-1-4(6-2-3)5(8,15(9,10)11)16(12,13)14;;;;/h3-4,6-8H,1-2H2,(H2,9,10,11)(H2,12,13,14);;;;/q;4*+1/p-4. The second-order valence-corrected chi connectivity index (χ2v) is 7.24. The molecule has 0 bridgehead atoms. The van der Waals surface area contributed by atoms with Gasteiger partial charge in [0.05, 0.1) is 6.10 Å². The molecule has 1 heterocycles. The zero-order chi connectivity index (χ0) is 12.8. The number of aliphatic hydroxyl groups is 2. The zero-order valence-electron chi connectivity index (χ0n) is 11.8. The second kappa shape index (κ2) is 11.7. The minimum Gasteiger partial charge on any atom is -0.808 e. The molecule has 1 saturated heterocycles. The van der Waals surface area contributed by atoms with Crippen LogP contribution in [0.25, 0.3) is 0 Å². The Kier molecular flexibility index (Phi) is 18.7. The van der Waals surface area contributed by atoms with Crippen LogP contribution in [0.15, 0.2) is 0 Å². The molecule has 0 saturated carbocycles. The average molecular weight is 365 g/mol. The number of aliphatic hydroxyl groups excluding tert-OH is 1. The molecule has 0 aliphatic carbocycles. The summed E-state index contributed by atoms with van der Waals surface area (Å²) in [5, 5.41) is 16.6. The fraction of sp³-hybridized carbons (Fsp3) is 1.00. The minimum absolute atomic E-state index is 0. The first-order valence-corrected chi connectivity index (χ1v) is 7.27. The van der Waals surface area contributed by atoms with E-state index < -0.39 is 38.8 Å². The molecule has 1 aliphatic rings. The number of hydrogen-bond acceptors (Lipinski definition) is 9. The Balaban J connectivity index is -0.000000320. The Hall–Kier alpha value is 4.18. The molecule has 1 fully saturated rings. The average Bonchev–Trinajstić information content (AvgIpc) is 2.46. The Labute approximate surface area is 204 Å². The molecule has 0 aromatic heterocycles. The maximum absolute atomic E-state index is 10.7. The van der Waals surface area contributed by atoms with Crippen molar-refractivity contribution >= 4 is 15.2 Å². The van der Waals surface area contributed by atoms with Gasteiger partial charge in [0.15, 0.2) is 0 Å². The summed E-state index contributed by atoms with van der Waals surface area (Å²) in [6.07, 6.45) is -1.64. The van der Waals surface area contributed by atoms with Crippen molar-refractivity contribution < 1.29 is 157 Å². The molecule has 1 aliphatic heterocycles. The van der Waals surface area contributed by atoms with E-state index in [-0.39, 0.29) is 125 Å². The molecule has 0 spiro atoms. The molecular weight excluding hydrogens is 356 g/mol. The van der Waals surface area contributed by atoms with Crippen LogP contribution in [0.1, 0.15) is 6.42 Å². The molecule has 9 nitrogen and oxygen atoms in total. The summed E-state index contributed by atoms with van der Waals surface area (Å²) in [6.45, 7) is -0.215. The van der Waals surface area contributed by atoms with E-state index in [2.05, 4.69) is 5.32 Å². The molecular formula is C5H9NNa4O8P2. The third kappa shape index (κ3) is 7.20. The van der Waals surface area contributed by atoms with Gasteiger partial charge >= 0.3 is 118 Å². The van der Waals surface area contributed by atoms with Crippen molar-refractivity contribution in [2.45, 2.75) is 23.6 Å². The van der Waals surface area contributed by atoms with E-state index in [1.54, 1.807) is 0 Å². The van der Waals surface area contributed by atoms with Gasteiger partial charge in [0.2, 0.25) is 0 Å². The Morgan fingerprint density at radius 2 is 1.35 bits per heavy atom. The molecule has 2 atom stereocenters. The summed E-state index contributed by atoms with van der Waals surface area (Å²) < 4.78 is 21.4. The smallest absolute Gasteiger partial charge is 0.808 e. The van der Waals surface area contributed by atoms with Crippen LogP contribution in [0.5, 0.6) is 0 Å². The first-order chi connectivity index (χ1) is 7.00. The summed E-state index contributed by atoms with van der Waals surface area (Å²) in [5.41, 5.74) is 0. The largest absolute Gasteiger partial charge is 1.00 e. The fourth-order valence-electron chi connectivity index (χ4n) is 1.54. The summed E-state index contributed by atoms with van der Waals surface area (Å²) in [4.78, 5) is 42.9. The Morgan fingerprint density at radius 1 is 1.00 bits per heavy atom. The second-order valence-electron chi connectivity index (χ2n) is 3.53. The minimum atomic E-state index is -6.09. The maximum atomic E-state index is 10.7. The van der Waals surface area contributed by atoms with Crippen LogP contribution in [0.2, 0.25) is 0 Å². The van der Waals surface area contributed by atoms with Crippen LogP contribution in [0.3, 0.4) is 0 Å². The van der Waals surface area contributed by atoms with E-state index in [1.807, 2.05) is 0 Å². The van der Waals surface area contributed by atoms with Crippen LogP contribution in [0.4, 0.5) is 0 Å². The Morgan fingerprint density at radius 3 is 1.55 bits per heavy atom. The molecule has 15 heteroatoms. The molecule has 20 heavy (non-hydrogen) atoms. The zero-order valence-corrected chi connectivity index (χ0v) is 21.6. The van der Waals surface area contributed by atoms with E-state index in [4.69, 9.17) is 5.11 Å². The topological polar surface area (TPSA) is 179 Å². The first-order valence-electron chi connectivity index (χ1n) is 4.18. The van der Waals surface area contributed by atoms with E-state index in [0.29, 0.717) is 0 Å². The summed E-state index contributed by atoms with van der Waals surface area (Å²) in [7, 11) is -12.2. The molecule has 0 amide bonds. The van der Waals surface area contributed by atoms with Gasteiger partial charge in [-0.05, 0) is 21.6 Å². The summed E-state index contributed by atoms with van der Waals surface area (Å²) in [5.74, 6) is 0. The monoisotopic (exact) mass is 365 g/mol. The predicted octanol–water partition coefficient (Wildman–Crippen LogP) is -16.8. The van der Waals surface area contributed by atoms with Gasteiger partial charge in [0.25, 0.3) is 0 Å². The molecule has 0 aromatic rings. The quantitative estimate of drug-likeness (QED) is 0.323. The van der Waals surface area contributed by atoms with Gasteiger partial charge in [-0.1, -0.05) is 0 Å². The van der Waals surface area contributed by atoms with Gasteiger partial charge in [-0.15, -0.1) is 0 Å². The third-order valence-electron chi connectivity index (χ3n) is 2.38. The van der Waals surface area contributed by atoms with E-state index in [0.717, 1.165) is 0 Å². The molecule has 0 aromatic carbocycles. The van der Waals surface area contributed by atoms with Crippen LogP contribution < -0.4 is 143 Å². The van der Waals surface area contributed by atoms with Gasteiger partial charge in [-0.25, -0.2) is 0 Å². The SMILES string of the molecule is O=P([O-])([O-])C(O)(C1CC(O)CN1)P(=O)([O-])[O-].[Na+].[Na+].[Na+].[Na+]. The van der Waals surface area contributed by atoms with Crippen LogP contribution in [-0.4, -0.2) is 34.0 Å². The maximum Gasteiger partial charge on any atom is 1.00 e. The van der Waals surface area contributed by atoms with Crippen molar-refractivity contribution in [2.24, 2.45) is 0 Å². The van der Waals surface area contributed by atoms with E-state index >= 15 is 0 Å². The molecule has 3 N–H and O–H groups in total. The number of rotatable bonds is 3. The van der Waals surface area contributed by atoms with E-state index in [1.165, 1.54) is 0 Å². The number of β-amino-alcohol motifs (C(OH)–C–C–N with tert-alkyl or cyclic N) is 1. The van der Waals surface area contributed by atoms with Crippen molar-refractivity contribution in [3.8, 4) is 0 Å². The van der Waals surface area contributed by atoms with E-state index in [9.17, 15) is 33.8 Å². The fourth-order valence-corrected chi connectivity index (χ4v) is 3.90. The summed E-state index contributed by atoms with van der Waals surface area (Å²) >= 11 is 0. The van der Waals surface area contributed by atoms with Crippen LogP contribution in [0, 0.1) is 0 Å². The predicted molar refractivity (Wildman–Crippen MR) is 42.6 cm³/mol. The van der Waals surface area contributed by atoms with Gasteiger partial charge in [-0.2, -0.15) is 0 Å². The molecule has 96 valence electrons. The number of hydrogen-bond donors (Lipinski definition) is 3. The normalized spacial score (nSPS) is 22.7. The first kappa shape index (κ1) is 31.9. The van der Waals surface area contributed by atoms with Crippen molar-refractivity contribution in [2.75, 3.05) is 6.54 Å². The van der Waals surface area contributed by atoms with Crippen molar-refractivity contribution in [3.05, 3.63) is 0 Å². The number of nitrogens with one attached hydrogen (secondary N) is 1. The van der Waals surface area contributed by atoms with Crippen molar-refractivity contribution in [3.63, 3.8) is 0 Å². The van der Waals surface area contributed by atoms with Gasteiger partial charge in [-0.3, -0.25) is 0 Å². The van der Waals surface area contributed by atoms with Gasteiger partial charge in [0.1, 0.15) is 5.08 Å². The Bertz CT molecular complexity index is 352. The van der Waals surface area contributed by atoms with Gasteiger partial charge < -0.3 is 44.2 Å². The van der Waals surface area contributed by atoms with Crippen LogP contribution in [-0.2, 0) is 9.13 Å². The van der Waals surface area contributed by atoms with Crippen molar-refractivity contribution in [1.82, 2.24) is 5.32 Å². The van der Waals surface area contributed by atoms with Gasteiger partial charge in [0, 0.05) is 12.6 Å². The molecule has 1 rings (SSSR count). The van der Waals surface area contributed by atoms with Crippen LogP contribution >= 0.6 is 15.2 Å². The van der Waals surface area contributed by atoms with Crippen molar-refractivity contribution in [1.29, 1.82) is 0 Å². The molecule has 0 radical (unpaired) electrons. The third-order valence-corrected chi connectivity index (χ3v) is 6.09.